The summed E-state index contributed by atoms with van der Waals surface area (Å²) in [4.78, 5) is 14.4. The van der Waals surface area contributed by atoms with Gasteiger partial charge < -0.3 is 14.1 Å². The lowest BCUT2D eigenvalue weighted by molar-refractivity contribution is 0.287. The lowest BCUT2D eigenvalue weighted by Crippen LogP contribution is -2.32. The molecule has 0 amide bonds. The Morgan fingerprint density at radius 2 is 1.79 bits per heavy atom. The topological polar surface area (TPSA) is 42.7 Å². The Hall–Kier alpha value is -2.69. The van der Waals surface area contributed by atoms with Crippen LogP contribution in [0, 0.1) is 6.92 Å². The number of anilines is 1. The number of hydrogen-bond donors (Lipinski definition) is 0. The van der Waals surface area contributed by atoms with Crippen LogP contribution in [0.15, 0.2) is 57.7 Å². The zero-order chi connectivity index (χ0) is 19.4. The number of halogens is 2. The van der Waals surface area contributed by atoms with E-state index in [-0.39, 0.29) is 5.63 Å². The fourth-order valence-electron chi connectivity index (χ4n) is 3.83. The molecule has 5 rings (SSSR count). The fraction of sp³-hybridized carbons (Fsp3) is 0.136. The molecule has 0 N–H and O–H groups in total. The minimum atomic E-state index is -0.337. The van der Waals surface area contributed by atoms with E-state index in [0.717, 1.165) is 33.3 Å². The van der Waals surface area contributed by atoms with E-state index in [4.69, 9.17) is 32.4 Å². The molecule has 1 aliphatic rings. The second kappa shape index (κ2) is 6.43. The predicted octanol–water partition coefficient (Wildman–Crippen LogP) is 5.92. The van der Waals surface area contributed by atoms with Crippen molar-refractivity contribution in [3.63, 3.8) is 0 Å². The zero-order valence-corrected chi connectivity index (χ0v) is 16.5. The fourth-order valence-corrected chi connectivity index (χ4v) is 4.36. The Morgan fingerprint density at radius 3 is 2.57 bits per heavy atom. The molecule has 1 aliphatic heterocycles. The third-order valence-corrected chi connectivity index (χ3v) is 5.68. The van der Waals surface area contributed by atoms with E-state index in [2.05, 4.69) is 0 Å². The number of hydrogen-bond acceptors (Lipinski definition) is 4. The van der Waals surface area contributed by atoms with Gasteiger partial charge in [0.2, 0.25) is 0 Å². The molecule has 0 spiro atoms. The number of fused-ring (bicyclic) bond motifs is 4. The van der Waals surface area contributed by atoms with Crippen LogP contribution in [0.25, 0.3) is 21.7 Å². The molecular formula is C22H15Cl2NO3. The van der Waals surface area contributed by atoms with E-state index in [0.29, 0.717) is 34.3 Å². The zero-order valence-electron chi connectivity index (χ0n) is 15.0. The first-order valence-electron chi connectivity index (χ1n) is 8.84. The summed E-state index contributed by atoms with van der Waals surface area (Å²) < 4.78 is 11.7. The molecule has 1 aromatic heterocycles. The molecule has 0 bridgehead atoms. The highest BCUT2D eigenvalue weighted by Crippen LogP contribution is 2.39. The molecular weight excluding hydrogens is 397 g/mol. The summed E-state index contributed by atoms with van der Waals surface area (Å²) in [5.74, 6) is 0.757. The third-order valence-electron chi connectivity index (χ3n) is 5.14. The Bertz CT molecular complexity index is 1310. The molecule has 0 radical (unpaired) electrons. The van der Waals surface area contributed by atoms with Gasteiger partial charge in [-0.3, -0.25) is 0 Å². The molecule has 0 saturated carbocycles. The lowest BCUT2D eigenvalue weighted by atomic mass is 10.00. The molecule has 0 atom stereocenters. The molecule has 4 aromatic rings. The van der Waals surface area contributed by atoms with Crippen LogP contribution in [0.3, 0.4) is 0 Å². The van der Waals surface area contributed by atoms with Crippen molar-refractivity contribution in [1.29, 1.82) is 0 Å². The standard InChI is InChI=1S/C22H15Cl2NO3/c1-12-20-13(10-25(11-27-20)19-7-6-14(23)9-18(19)24)8-17-15-4-2-3-5-16(15)22(26)28-21(12)17/h2-9H,10-11H2,1H3. The van der Waals surface area contributed by atoms with Crippen LogP contribution in [-0.2, 0) is 6.54 Å². The van der Waals surface area contributed by atoms with Crippen LogP contribution in [0.4, 0.5) is 5.69 Å². The van der Waals surface area contributed by atoms with E-state index in [1.54, 1.807) is 12.1 Å². The van der Waals surface area contributed by atoms with Crippen LogP contribution in [0.2, 0.25) is 10.0 Å². The van der Waals surface area contributed by atoms with Gasteiger partial charge in [-0.1, -0.05) is 41.4 Å². The maximum atomic E-state index is 12.4. The minimum absolute atomic E-state index is 0.337. The average Bonchev–Trinajstić information content (AvgIpc) is 2.69. The highest BCUT2D eigenvalue weighted by Gasteiger charge is 2.24. The molecule has 4 nitrogen and oxygen atoms in total. The Morgan fingerprint density at radius 1 is 1.00 bits per heavy atom. The minimum Gasteiger partial charge on any atom is -0.472 e. The van der Waals surface area contributed by atoms with Crippen molar-refractivity contribution in [2.75, 3.05) is 11.6 Å². The van der Waals surface area contributed by atoms with Gasteiger partial charge >= 0.3 is 5.63 Å². The highest BCUT2D eigenvalue weighted by molar-refractivity contribution is 6.36. The molecule has 3 aromatic carbocycles. The third kappa shape index (κ3) is 2.64. The monoisotopic (exact) mass is 411 g/mol. The van der Waals surface area contributed by atoms with Crippen molar-refractivity contribution >= 4 is 50.6 Å². The average molecular weight is 412 g/mol. The van der Waals surface area contributed by atoms with Gasteiger partial charge in [0.25, 0.3) is 0 Å². The van der Waals surface area contributed by atoms with Crippen LogP contribution in [0.1, 0.15) is 11.1 Å². The van der Waals surface area contributed by atoms with Crippen LogP contribution < -0.4 is 15.3 Å². The van der Waals surface area contributed by atoms with Gasteiger partial charge in [0.05, 0.1) is 16.1 Å². The summed E-state index contributed by atoms with van der Waals surface area (Å²) in [5.41, 5.74) is 2.94. The molecule has 6 heteroatoms. The Balaban J connectivity index is 1.69. The molecule has 2 heterocycles. The van der Waals surface area contributed by atoms with Crippen LogP contribution in [0.5, 0.6) is 5.75 Å². The normalized spacial score (nSPS) is 13.6. The summed E-state index contributed by atoms with van der Waals surface area (Å²) in [6.07, 6.45) is 0. The maximum Gasteiger partial charge on any atom is 0.344 e. The first-order chi connectivity index (χ1) is 13.5. The second-order valence-electron chi connectivity index (χ2n) is 6.87. The summed E-state index contributed by atoms with van der Waals surface area (Å²) in [5, 5.41) is 3.52. The second-order valence-corrected chi connectivity index (χ2v) is 7.71. The number of aryl methyl sites for hydroxylation is 1. The van der Waals surface area contributed by atoms with E-state index < -0.39 is 0 Å². The lowest BCUT2D eigenvalue weighted by Gasteiger charge is -2.32. The van der Waals surface area contributed by atoms with Gasteiger partial charge in [0.15, 0.2) is 6.73 Å². The van der Waals surface area contributed by atoms with Crippen molar-refractivity contribution in [3.05, 3.63) is 80.1 Å². The summed E-state index contributed by atoms with van der Waals surface area (Å²) in [6, 6.07) is 15.0. The summed E-state index contributed by atoms with van der Waals surface area (Å²) in [6.45, 7) is 2.89. The molecule has 0 unspecified atom stereocenters. The SMILES string of the molecule is Cc1c2c(cc3c1oc(=O)c1ccccc13)CN(c1ccc(Cl)cc1Cl)CO2. The first-order valence-corrected chi connectivity index (χ1v) is 9.59. The molecule has 28 heavy (non-hydrogen) atoms. The van der Waals surface area contributed by atoms with Crippen molar-refractivity contribution < 1.29 is 9.15 Å². The first kappa shape index (κ1) is 17.4. The number of nitrogens with zero attached hydrogens (tertiary/aromatic N) is 1. The molecule has 0 aliphatic carbocycles. The van der Waals surface area contributed by atoms with Gasteiger partial charge in [-0.15, -0.1) is 0 Å². The van der Waals surface area contributed by atoms with Gasteiger partial charge in [-0.2, -0.15) is 0 Å². The maximum absolute atomic E-state index is 12.4. The molecule has 0 fully saturated rings. The van der Waals surface area contributed by atoms with Crippen molar-refractivity contribution in [3.8, 4) is 5.75 Å². The number of benzene rings is 3. The largest absolute Gasteiger partial charge is 0.472 e. The van der Waals surface area contributed by atoms with Crippen molar-refractivity contribution in [2.45, 2.75) is 13.5 Å². The van der Waals surface area contributed by atoms with Crippen molar-refractivity contribution in [1.82, 2.24) is 0 Å². The van der Waals surface area contributed by atoms with Crippen LogP contribution >= 0.6 is 23.2 Å². The number of rotatable bonds is 1. The summed E-state index contributed by atoms with van der Waals surface area (Å²) in [7, 11) is 0. The van der Waals surface area contributed by atoms with Crippen LogP contribution in [-0.4, -0.2) is 6.73 Å². The quantitative estimate of drug-likeness (QED) is 0.288. The highest BCUT2D eigenvalue weighted by atomic mass is 35.5. The smallest absolute Gasteiger partial charge is 0.344 e. The van der Waals surface area contributed by atoms with Gasteiger partial charge in [-0.25, -0.2) is 4.79 Å². The molecule has 140 valence electrons. The number of ether oxygens (including phenoxy) is 1. The summed E-state index contributed by atoms with van der Waals surface area (Å²) >= 11 is 12.4. The molecule has 0 saturated heterocycles. The van der Waals surface area contributed by atoms with Crippen molar-refractivity contribution in [2.24, 2.45) is 0 Å². The van der Waals surface area contributed by atoms with E-state index >= 15 is 0 Å². The Kier molecular flexibility index (Phi) is 4.00. The van der Waals surface area contributed by atoms with Gasteiger partial charge in [-0.05, 0) is 42.6 Å². The van der Waals surface area contributed by atoms with E-state index in [1.165, 1.54) is 0 Å². The van der Waals surface area contributed by atoms with E-state index in [9.17, 15) is 4.79 Å². The van der Waals surface area contributed by atoms with E-state index in [1.807, 2.05) is 48.2 Å². The van der Waals surface area contributed by atoms with Gasteiger partial charge in [0, 0.05) is 28.1 Å². The predicted molar refractivity (Wildman–Crippen MR) is 113 cm³/mol. The van der Waals surface area contributed by atoms with Gasteiger partial charge in [0.1, 0.15) is 11.3 Å². The Labute approximate surface area is 170 Å².